The maximum atomic E-state index is 12.9. The number of carbonyl (C=O) groups excluding carboxylic acids is 3. The monoisotopic (exact) mass is 449 g/mol. The van der Waals surface area contributed by atoms with Crippen molar-refractivity contribution in [3.63, 3.8) is 0 Å². The molecule has 32 heavy (non-hydrogen) atoms. The van der Waals surface area contributed by atoms with Crippen molar-refractivity contribution in [1.29, 1.82) is 0 Å². The lowest BCUT2D eigenvalue weighted by Gasteiger charge is -2.27. The number of urea groups is 1. The minimum atomic E-state index is -0.453. The molecule has 8 nitrogen and oxygen atoms in total. The molecule has 1 aromatic heterocycles. The van der Waals surface area contributed by atoms with E-state index in [2.05, 4.69) is 20.9 Å². The molecule has 1 saturated heterocycles. The van der Waals surface area contributed by atoms with Crippen LogP contribution in [0.3, 0.4) is 0 Å². The Kier molecular flexibility index (Phi) is 6.32. The van der Waals surface area contributed by atoms with E-state index in [-0.39, 0.29) is 17.6 Å². The summed E-state index contributed by atoms with van der Waals surface area (Å²) in [5.41, 5.74) is 2.16. The van der Waals surface area contributed by atoms with Gasteiger partial charge in [-0.2, -0.15) is 0 Å². The van der Waals surface area contributed by atoms with Crippen LogP contribution in [0.5, 0.6) is 0 Å². The van der Waals surface area contributed by atoms with Crippen LogP contribution < -0.4 is 20.9 Å². The molecule has 2 heterocycles. The Morgan fingerprint density at radius 1 is 0.969 bits per heavy atom. The number of para-hydroxylation sites is 1. The summed E-state index contributed by atoms with van der Waals surface area (Å²) in [4.78, 5) is 43.0. The van der Waals surface area contributed by atoms with Gasteiger partial charge in [-0.1, -0.05) is 23.7 Å². The summed E-state index contributed by atoms with van der Waals surface area (Å²) in [6, 6.07) is 16.6. The van der Waals surface area contributed by atoms with Crippen molar-refractivity contribution in [2.24, 2.45) is 0 Å². The van der Waals surface area contributed by atoms with Gasteiger partial charge in [-0.05, 0) is 55.0 Å². The van der Waals surface area contributed by atoms with Crippen molar-refractivity contribution in [2.45, 2.75) is 6.42 Å². The first-order valence-electron chi connectivity index (χ1n) is 10.00. The minimum Gasteiger partial charge on any atom is -0.338 e. The van der Waals surface area contributed by atoms with Gasteiger partial charge in [0.25, 0.3) is 11.8 Å². The third-order valence-electron chi connectivity index (χ3n) is 4.90. The molecule has 9 heteroatoms. The van der Waals surface area contributed by atoms with Crippen LogP contribution in [0.25, 0.3) is 0 Å². The predicted molar refractivity (Wildman–Crippen MR) is 123 cm³/mol. The summed E-state index contributed by atoms with van der Waals surface area (Å²) in [7, 11) is 0. The van der Waals surface area contributed by atoms with E-state index in [0.717, 1.165) is 12.1 Å². The number of amides is 4. The molecule has 4 amide bonds. The Bertz CT molecular complexity index is 1150. The number of hydrogen-bond acceptors (Lipinski definition) is 4. The van der Waals surface area contributed by atoms with E-state index < -0.39 is 5.91 Å². The first kappa shape index (κ1) is 21.3. The van der Waals surface area contributed by atoms with E-state index >= 15 is 0 Å². The molecular formula is C23H20ClN5O3. The fraction of sp³-hybridized carbons (Fsp3) is 0.130. The molecule has 1 aliphatic heterocycles. The van der Waals surface area contributed by atoms with Crippen molar-refractivity contribution in [3.8, 4) is 0 Å². The number of halogens is 1. The molecule has 4 rings (SSSR count). The van der Waals surface area contributed by atoms with Crippen molar-refractivity contribution < 1.29 is 14.4 Å². The lowest BCUT2D eigenvalue weighted by molar-refractivity contribution is 0.102. The van der Waals surface area contributed by atoms with Gasteiger partial charge in [0.15, 0.2) is 0 Å². The number of hydrogen-bond donors (Lipinski definition) is 3. The summed E-state index contributed by atoms with van der Waals surface area (Å²) >= 11 is 5.81. The van der Waals surface area contributed by atoms with Gasteiger partial charge in [0.1, 0.15) is 5.69 Å². The maximum Gasteiger partial charge on any atom is 0.321 e. The third-order valence-corrected chi connectivity index (χ3v) is 5.12. The van der Waals surface area contributed by atoms with Crippen LogP contribution in [0.15, 0.2) is 66.9 Å². The number of aromatic nitrogens is 1. The van der Waals surface area contributed by atoms with Crippen LogP contribution in [0.1, 0.15) is 27.3 Å². The Hall–Kier alpha value is -3.91. The molecule has 0 aliphatic carbocycles. The zero-order valence-electron chi connectivity index (χ0n) is 17.0. The summed E-state index contributed by atoms with van der Waals surface area (Å²) in [6.45, 7) is 1.32. The van der Waals surface area contributed by atoms with Gasteiger partial charge in [0.2, 0.25) is 0 Å². The highest BCUT2D eigenvalue weighted by Crippen LogP contribution is 2.22. The number of pyridine rings is 1. The highest BCUT2D eigenvalue weighted by molar-refractivity contribution is 6.30. The average molecular weight is 450 g/mol. The van der Waals surface area contributed by atoms with Gasteiger partial charge in [0.05, 0.1) is 16.3 Å². The van der Waals surface area contributed by atoms with Gasteiger partial charge < -0.3 is 16.0 Å². The summed E-state index contributed by atoms with van der Waals surface area (Å²) in [5, 5.41) is 8.76. The number of nitrogens with one attached hydrogen (secondary N) is 3. The Balaban J connectivity index is 1.46. The Morgan fingerprint density at radius 3 is 2.47 bits per heavy atom. The second-order valence-electron chi connectivity index (χ2n) is 7.10. The molecule has 0 bridgehead atoms. The molecule has 1 aliphatic rings. The van der Waals surface area contributed by atoms with Crippen LogP contribution in [0.4, 0.5) is 21.9 Å². The van der Waals surface area contributed by atoms with E-state index in [4.69, 9.17) is 11.6 Å². The van der Waals surface area contributed by atoms with Crippen LogP contribution in [-0.2, 0) is 0 Å². The highest BCUT2D eigenvalue weighted by atomic mass is 35.5. The molecule has 3 N–H and O–H groups in total. The summed E-state index contributed by atoms with van der Waals surface area (Å²) in [5.74, 6) is -0.834. The van der Waals surface area contributed by atoms with Crippen LogP contribution >= 0.6 is 11.6 Å². The second kappa shape index (κ2) is 9.49. The number of rotatable bonds is 5. The molecule has 0 spiro atoms. The second-order valence-corrected chi connectivity index (χ2v) is 7.54. The van der Waals surface area contributed by atoms with E-state index in [0.29, 0.717) is 35.1 Å². The third kappa shape index (κ3) is 4.87. The van der Waals surface area contributed by atoms with Crippen molar-refractivity contribution in [2.75, 3.05) is 28.6 Å². The van der Waals surface area contributed by atoms with E-state index in [9.17, 15) is 14.4 Å². The Labute approximate surface area is 189 Å². The van der Waals surface area contributed by atoms with E-state index in [1.165, 1.54) is 12.3 Å². The molecule has 0 saturated carbocycles. The van der Waals surface area contributed by atoms with Gasteiger partial charge in [0, 0.05) is 30.7 Å². The zero-order chi connectivity index (χ0) is 22.5. The van der Waals surface area contributed by atoms with E-state index in [1.54, 1.807) is 59.5 Å². The van der Waals surface area contributed by atoms with Gasteiger partial charge in [-0.25, -0.2) is 9.78 Å². The summed E-state index contributed by atoms with van der Waals surface area (Å²) in [6.07, 6.45) is 2.25. The van der Waals surface area contributed by atoms with Crippen LogP contribution in [0.2, 0.25) is 5.02 Å². The molecule has 162 valence electrons. The first-order valence-corrected chi connectivity index (χ1v) is 10.4. The standard InChI is InChI=1S/C23H20ClN5O3/c24-15-6-11-20(26-14-15)22(31)28-19-5-2-1-4-18(19)21(30)27-16-7-9-17(10-8-16)29-13-3-12-25-23(29)32/h1-2,4-11,14H,3,12-13H2,(H,25,32)(H,27,30)(H,28,31). The van der Waals surface area contributed by atoms with E-state index in [1.807, 2.05) is 0 Å². The van der Waals surface area contributed by atoms with Gasteiger partial charge in [-0.3, -0.25) is 14.5 Å². The number of carbonyl (C=O) groups is 3. The minimum absolute atomic E-state index is 0.132. The average Bonchev–Trinajstić information content (AvgIpc) is 2.81. The zero-order valence-corrected chi connectivity index (χ0v) is 17.7. The van der Waals surface area contributed by atoms with Crippen LogP contribution in [-0.4, -0.2) is 35.9 Å². The molecule has 2 aromatic carbocycles. The first-order chi connectivity index (χ1) is 15.5. The van der Waals surface area contributed by atoms with Crippen LogP contribution in [0, 0.1) is 0 Å². The van der Waals surface area contributed by atoms with Crippen molar-refractivity contribution >= 4 is 46.5 Å². The molecule has 3 aromatic rings. The molecule has 1 fully saturated rings. The van der Waals surface area contributed by atoms with Gasteiger partial charge in [-0.15, -0.1) is 0 Å². The van der Waals surface area contributed by atoms with Gasteiger partial charge >= 0.3 is 6.03 Å². The topological polar surface area (TPSA) is 103 Å². The molecule has 0 unspecified atom stereocenters. The fourth-order valence-electron chi connectivity index (χ4n) is 3.29. The quantitative estimate of drug-likeness (QED) is 0.544. The number of benzene rings is 2. The maximum absolute atomic E-state index is 12.9. The molecule has 0 radical (unpaired) electrons. The molecular weight excluding hydrogens is 430 g/mol. The summed E-state index contributed by atoms with van der Waals surface area (Å²) < 4.78 is 0. The SMILES string of the molecule is O=C(Nc1ccccc1C(=O)Nc1ccc(N2CCCNC2=O)cc1)c1ccc(Cl)cn1. The van der Waals surface area contributed by atoms with Crippen molar-refractivity contribution in [1.82, 2.24) is 10.3 Å². The number of nitrogens with zero attached hydrogens (tertiary/aromatic N) is 2. The number of anilines is 3. The van der Waals surface area contributed by atoms with Crippen molar-refractivity contribution in [3.05, 3.63) is 83.1 Å². The normalized spacial score (nSPS) is 13.3. The predicted octanol–water partition coefficient (Wildman–Crippen LogP) is 4.16. The lowest BCUT2D eigenvalue weighted by Crippen LogP contribution is -2.46. The fourth-order valence-corrected chi connectivity index (χ4v) is 3.40. The molecule has 0 atom stereocenters. The Morgan fingerprint density at radius 2 is 1.75 bits per heavy atom. The highest BCUT2D eigenvalue weighted by Gasteiger charge is 2.19. The smallest absolute Gasteiger partial charge is 0.321 e. The largest absolute Gasteiger partial charge is 0.338 e. The lowest BCUT2D eigenvalue weighted by atomic mass is 10.1.